The number of hydrogen-bond acceptors (Lipinski definition) is 1. The summed E-state index contributed by atoms with van der Waals surface area (Å²) in [6.45, 7) is 1.09. The van der Waals surface area contributed by atoms with Crippen molar-refractivity contribution in [3.8, 4) is 0 Å². The molecule has 0 aliphatic carbocycles. The van der Waals surface area contributed by atoms with Crippen molar-refractivity contribution in [3.05, 3.63) is 29.8 Å². The van der Waals surface area contributed by atoms with Crippen molar-refractivity contribution in [2.75, 3.05) is 18.5 Å². The van der Waals surface area contributed by atoms with Crippen LogP contribution in [0.25, 0.3) is 0 Å². The molecule has 0 heterocycles. The molecule has 0 spiro atoms. The molecular formula is C11H14F3N. The molecule has 0 aliphatic rings. The van der Waals surface area contributed by atoms with Crippen LogP contribution < -0.4 is 4.90 Å². The van der Waals surface area contributed by atoms with E-state index in [4.69, 9.17) is 0 Å². The van der Waals surface area contributed by atoms with E-state index in [1.54, 1.807) is 12.1 Å². The third-order valence-electron chi connectivity index (χ3n) is 2.20. The summed E-state index contributed by atoms with van der Waals surface area (Å²) in [6.07, 6.45) is -3.26. The van der Waals surface area contributed by atoms with Gasteiger partial charge in [-0.25, -0.2) is 0 Å². The molecule has 0 bridgehead atoms. The first-order valence-corrected chi connectivity index (χ1v) is 4.79. The predicted molar refractivity (Wildman–Crippen MR) is 55.1 cm³/mol. The highest BCUT2D eigenvalue weighted by molar-refractivity contribution is 5.47. The number of aryl methyl sites for hydroxylation is 1. The molecule has 0 saturated heterocycles. The Morgan fingerprint density at radius 2 is 1.67 bits per heavy atom. The van der Waals surface area contributed by atoms with Crippen molar-refractivity contribution in [3.63, 3.8) is 0 Å². The molecular weight excluding hydrogens is 203 g/mol. The molecule has 1 aromatic carbocycles. The first-order chi connectivity index (χ1) is 6.92. The van der Waals surface area contributed by atoms with Gasteiger partial charge in [0.2, 0.25) is 0 Å². The largest absolute Gasteiger partial charge is 0.405 e. The van der Waals surface area contributed by atoms with Crippen molar-refractivity contribution < 1.29 is 13.2 Å². The van der Waals surface area contributed by atoms with E-state index in [0.29, 0.717) is 5.69 Å². The van der Waals surface area contributed by atoms with E-state index < -0.39 is 12.7 Å². The fourth-order valence-electron chi connectivity index (χ4n) is 1.35. The molecule has 84 valence electrons. The van der Waals surface area contributed by atoms with Gasteiger partial charge >= 0.3 is 6.18 Å². The lowest BCUT2D eigenvalue weighted by Crippen LogP contribution is -2.30. The summed E-state index contributed by atoms with van der Waals surface area (Å²) in [4.78, 5) is 1.19. The highest BCUT2D eigenvalue weighted by atomic mass is 19.4. The minimum absolute atomic E-state index is 0.588. The highest BCUT2D eigenvalue weighted by Gasteiger charge is 2.29. The maximum atomic E-state index is 12.1. The second kappa shape index (κ2) is 4.55. The predicted octanol–water partition coefficient (Wildman–Crippen LogP) is 3.25. The quantitative estimate of drug-likeness (QED) is 0.751. The van der Waals surface area contributed by atoms with Gasteiger partial charge in [-0.3, -0.25) is 0 Å². The van der Waals surface area contributed by atoms with Crippen LogP contribution in [0, 0.1) is 0 Å². The molecule has 1 aromatic rings. The third kappa shape index (κ3) is 3.81. The van der Waals surface area contributed by atoms with E-state index >= 15 is 0 Å². The van der Waals surface area contributed by atoms with E-state index in [-0.39, 0.29) is 0 Å². The standard InChI is InChI=1S/C11H14F3N/c1-3-9-4-6-10(7-5-9)15(2)8-11(12,13)14/h4-7H,3,8H2,1-2H3. The van der Waals surface area contributed by atoms with E-state index in [0.717, 1.165) is 12.0 Å². The molecule has 0 aromatic heterocycles. The first kappa shape index (κ1) is 11.9. The SMILES string of the molecule is CCc1ccc(N(C)CC(F)(F)F)cc1. The van der Waals surface area contributed by atoms with Gasteiger partial charge in [0.25, 0.3) is 0 Å². The molecule has 0 saturated carbocycles. The maximum Gasteiger partial charge on any atom is 0.405 e. The highest BCUT2D eigenvalue weighted by Crippen LogP contribution is 2.21. The van der Waals surface area contributed by atoms with Gasteiger partial charge < -0.3 is 4.90 Å². The first-order valence-electron chi connectivity index (χ1n) is 4.79. The normalized spacial score (nSPS) is 11.5. The van der Waals surface area contributed by atoms with E-state index in [1.807, 2.05) is 19.1 Å². The third-order valence-corrected chi connectivity index (χ3v) is 2.20. The topological polar surface area (TPSA) is 3.24 Å². The van der Waals surface area contributed by atoms with Gasteiger partial charge in [0.1, 0.15) is 6.54 Å². The minimum atomic E-state index is -4.15. The van der Waals surface area contributed by atoms with Gasteiger partial charge in [0.05, 0.1) is 0 Å². The lowest BCUT2D eigenvalue weighted by molar-refractivity contribution is -0.119. The number of hydrogen-bond donors (Lipinski definition) is 0. The Bertz CT molecular complexity index is 303. The second-order valence-electron chi connectivity index (χ2n) is 3.49. The zero-order valence-electron chi connectivity index (χ0n) is 8.80. The molecule has 0 unspecified atom stereocenters. The molecule has 0 aliphatic heterocycles. The number of halogens is 3. The fourth-order valence-corrected chi connectivity index (χ4v) is 1.35. The van der Waals surface area contributed by atoms with Crippen LogP contribution in [0.5, 0.6) is 0 Å². The van der Waals surface area contributed by atoms with Gasteiger partial charge in [-0.1, -0.05) is 19.1 Å². The maximum absolute atomic E-state index is 12.1. The molecule has 1 rings (SSSR count). The summed E-state index contributed by atoms with van der Waals surface area (Å²) in [5, 5.41) is 0. The molecule has 4 heteroatoms. The van der Waals surface area contributed by atoms with Crippen LogP contribution in [0.15, 0.2) is 24.3 Å². The summed E-state index contributed by atoms with van der Waals surface area (Å²) in [5.41, 5.74) is 1.71. The Balaban J connectivity index is 2.70. The van der Waals surface area contributed by atoms with Crippen LogP contribution in [0.4, 0.5) is 18.9 Å². The van der Waals surface area contributed by atoms with Crippen LogP contribution in [0.3, 0.4) is 0 Å². The Morgan fingerprint density at radius 3 is 2.07 bits per heavy atom. The molecule has 0 atom stereocenters. The summed E-state index contributed by atoms with van der Waals surface area (Å²) >= 11 is 0. The molecule has 0 radical (unpaired) electrons. The summed E-state index contributed by atoms with van der Waals surface area (Å²) in [5.74, 6) is 0. The van der Waals surface area contributed by atoms with Gasteiger partial charge in [0, 0.05) is 12.7 Å². The number of nitrogens with zero attached hydrogens (tertiary/aromatic N) is 1. The van der Waals surface area contributed by atoms with Crippen molar-refractivity contribution in [2.45, 2.75) is 19.5 Å². The molecule has 0 fully saturated rings. The molecule has 1 nitrogen and oxygen atoms in total. The Labute approximate surface area is 87.5 Å². The van der Waals surface area contributed by atoms with Crippen LogP contribution in [0.1, 0.15) is 12.5 Å². The van der Waals surface area contributed by atoms with Crippen molar-refractivity contribution in [1.29, 1.82) is 0 Å². The van der Waals surface area contributed by atoms with Crippen molar-refractivity contribution >= 4 is 5.69 Å². The molecule has 0 amide bonds. The minimum Gasteiger partial charge on any atom is -0.366 e. The van der Waals surface area contributed by atoms with Crippen LogP contribution in [-0.2, 0) is 6.42 Å². The second-order valence-corrected chi connectivity index (χ2v) is 3.49. The van der Waals surface area contributed by atoms with E-state index in [9.17, 15) is 13.2 Å². The van der Waals surface area contributed by atoms with Crippen LogP contribution in [0.2, 0.25) is 0 Å². The number of benzene rings is 1. The zero-order chi connectivity index (χ0) is 11.5. The van der Waals surface area contributed by atoms with E-state index in [1.165, 1.54) is 11.9 Å². The monoisotopic (exact) mass is 217 g/mol. The van der Waals surface area contributed by atoms with Crippen LogP contribution >= 0.6 is 0 Å². The Kier molecular flexibility index (Phi) is 3.61. The lowest BCUT2D eigenvalue weighted by Gasteiger charge is -2.21. The number of rotatable bonds is 3. The summed E-state index contributed by atoms with van der Waals surface area (Å²) in [6, 6.07) is 7.12. The smallest absolute Gasteiger partial charge is 0.366 e. The van der Waals surface area contributed by atoms with Gasteiger partial charge in [-0.15, -0.1) is 0 Å². The lowest BCUT2D eigenvalue weighted by atomic mass is 10.1. The average Bonchev–Trinajstić information content (AvgIpc) is 2.15. The van der Waals surface area contributed by atoms with Gasteiger partial charge in [-0.05, 0) is 24.1 Å². The fraction of sp³-hybridized carbons (Fsp3) is 0.455. The van der Waals surface area contributed by atoms with Gasteiger partial charge in [-0.2, -0.15) is 13.2 Å². The molecule has 15 heavy (non-hydrogen) atoms. The van der Waals surface area contributed by atoms with Crippen LogP contribution in [-0.4, -0.2) is 19.8 Å². The van der Waals surface area contributed by atoms with Crippen molar-refractivity contribution in [1.82, 2.24) is 0 Å². The molecule has 0 N–H and O–H groups in total. The zero-order valence-corrected chi connectivity index (χ0v) is 8.80. The Hall–Kier alpha value is -1.19. The average molecular weight is 217 g/mol. The Morgan fingerprint density at radius 1 is 1.13 bits per heavy atom. The number of anilines is 1. The summed E-state index contributed by atoms with van der Waals surface area (Å²) in [7, 11) is 1.44. The van der Waals surface area contributed by atoms with Gasteiger partial charge in [0.15, 0.2) is 0 Å². The van der Waals surface area contributed by atoms with E-state index in [2.05, 4.69) is 0 Å². The number of alkyl halides is 3. The summed E-state index contributed by atoms with van der Waals surface area (Å²) < 4.78 is 36.3. The van der Waals surface area contributed by atoms with Crippen molar-refractivity contribution in [2.24, 2.45) is 0 Å².